The number of rotatable bonds is 3. The topological polar surface area (TPSA) is 13.1 Å². The van der Waals surface area contributed by atoms with E-state index in [1.54, 1.807) is 6.07 Å². The molecular weight excluding hydrogens is 520 g/mol. The Morgan fingerprint density at radius 2 is 0.930 bits per heavy atom. The maximum absolute atomic E-state index is 9.25. The van der Waals surface area contributed by atoms with Gasteiger partial charge in [0, 0.05) is 16.2 Å². The number of fused-ring (bicyclic) bond motifs is 7. The molecule has 200 valence electrons. The average Bonchev–Trinajstić information content (AvgIpc) is 3.55. The van der Waals surface area contributed by atoms with Crippen LogP contribution in [0.3, 0.4) is 0 Å². The first kappa shape index (κ1) is 17.3. The Labute approximate surface area is 260 Å². The summed E-state index contributed by atoms with van der Waals surface area (Å²) in [6.07, 6.45) is 0. The van der Waals surface area contributed by atoms with Crippen LogP contribution >= 0.6 is 0 Å². The van der Waals surface area contributed by atoms with Crippen LogP contribution in [0.25, 0.3) is 87.6 Å². The molecule has 1 heterocycles. The first-order chi connectivity index (χ1) is 24.7. The quantitative estimate of drug-likeness (QED) is 0.198. The molecule has 0 bridgehead atoms. The molecule has 0 unspecified atom stereocenters. The van der Waals surface area contributed by atoms with Gasteiger partial charge in [-0.1, -0.05) is 139 Å². The minimum Gasteiger partial charge on any atom is -0.455 e. The van der Waals surface area contributed by atoms with E-state index in [0.29, 0.717) is 27.9 Å². The highest BCUT2D eigenvalue weighted by molar-refractivity contribution is 6.22. The van der Waals surface area contributed by atoms with Gasteiger partial charge in [-0.3, -0.25) is 0 Å². The fourth-order valence-electron chi connectivity index (χ4n) is 6.32. The minimum absolute atomic E-state index is 0.168. The Morgan fingerprint density at radius 3 is 1.63 bits per heavy atom. The van der Waals surface area contributed by atoms with E-state index in [4.69, 9.17) is 9.90 Å². The molecule has 8 aromatic carbocycles. The molecule has 0 saturated heterocycles. The molecule has 1 nitrogen and oxygen atoms in total. The summed E-state index contributed by atoms with van der Waals surface area (Å²) in [7, 11) is 0. The largest absolute Gasteiger partial charge is 0.455 e. The van der Waals surface area contributed by atoms with Crippen molar-refractivity contribution in [2.75, 3.05) is 0 Å². The second kappa shape index (κ2) is 9.44. The molecule has 0 radical (unpaired) electrons. The van der Waals surface area contributed by atoms with Crippen LogP contribution in [0.1, 0.15) is 11.0 Å². The fourth-order valence-corrected chi connectivity index (χ4v) is 6.32. The van der Waals surface area contributed by atoms with Crippen molar-refractivity contribution >= 4 is 54.3 Å². The summed E-state index contributed by atoms with van der Waals surface area (Å²) >= 11 is 0. The second-order valence-corrected chi connectivity index (χ2v) is 10.7. The number of hydrogen-bond donors (Lipinski definition) is 0. The molecule has 0 aliphatic carbocycles. The molecule has 1 heteroatoms. The molecule has 0 aliphatic heterocycles. The Hall–Kier alpha value is -5.66. The van der Waals surface area contributed by atoms with Gasteiger partial charge in [0.25, 0.3) is 0 Å². The van der Waals surface area contributed by atoms with Crippen LogP contribution in [0.2, 0.25) is 0 Å². The third kappa shape index (κ3) is 3.72. The number of hydrogen-bond acceptors (Lipinski definition) is 1. The Bertz CT molecular complexity index is 2850. The highest BCUT2D eigenvalue weighted by Crippen LogP contribution is 2.45. The molecule has 9 aromatic rings. The zero-order chi connectivity index (χ0) is 35.3. The normalized spacial score (nSPS) is 14.3. The summed E-state index contributed by atoms with van der Waals surface area (Å²) < 4.78 is 78.3. The zero-order valence-corrected chi connectivity index (χ0v) is 22.8. The predicted octanol–water partition coefficient (Wildman–Crippen LogP) is 12.0. The Kier molecular flexibility index (Phi) is 3.80. The van der Waals surface area contributed by atoms with Crippen LogP contribution < -0.4 is 0 Å². The molecule has 1 aromatic heterocycles. The minimum atomic E-state index is -0.435. The van der Waals surface area contributed by atoms with Gasteiger partial charge in [-0.25, -0.2) is 0 Å². The molecule has 9 rings (SSSR count). The monoisotopic (exact) mass is 554 g/mol. The van der Waals surface area contributed by atoms with E-state index in [9.17, 15) is 5.48 Å². The fraction of sp³-hybridized carbons (Fsp3) is 0. The van der Waals surface area contributed by atoms with Crippen LogP contribution in [0.4, 0.5) is 0 Å². The van der Waals surface area contributed by atoms with Crippen LogP contribution in [0.5, 0.6) is 0 Å². The molecule has 0 aliphatic rings. The summed E-state index contributed by atoms with van der Waals surface area (Å²) in [5, 5.41) is 4.45. The van der Waals surface area contributed by atoms with Crippen LogP contribution in [0, 0.1) is 0 Å². The van der Waals surface area contributed by atoms with E-state index in [-0.39, 0.29) is 51.3 Å². The highest BCUT2D eigenvalue weighted by Gasteiger charge is 2.18. The van der Waals surface area contributed by atoms with Crippen molar-refractivity contribution in [2.24, 2.45) is 0 Å². The molecule has 43 heavy (non-hydrogen) atoms. The van der Waals surface area contributed by atoms with Gasteiger partial charge in [0.05, 0.1) is 11.0 Å². The van der Waals surface area contributed by atoms with Gasteiger partial charge in [0.2, 0.25) is 0 Å². The van der Waals surface area contributed by atoms with Crippen molar-refractivity contribution in [3.05, 3.63) is 158 Å². The third-order valence-electron chi connectivity index (χ3n) is 8.31. The van der Waals surface area contributed by atoms with E-state index < -0.39 is 24.2 Å². The van der Waals surface area contributed by atoms with Gasteiger partial charge in [0.1, 0.15) is 11.2 Å². The summed E-state index contributed by atoms with van der Waals surface area (Å²) in [5.74, 6) is 0. The van der Waals surface area contributed by atoms with E-state index in [1.807, 2.05) is 103 Å². The second-order valence-electron chi connectivity index (χ2n) is 10.7. The van der Waals surface area contributed by atoms with Crippen molar-refractivity contribution in [2.45, 2.75) is 0 Å². The number of benzene rings is 8. The molecule has 0 saturated carbocycles. The smallest absolute Gasteiger partial charge is 0.143 e. The molecule has 0 spiro atoms. The zero-order valence-electron chi connectivity index (χ0n) is 30.8. The molecular formula is C42H26O. The molecule has 0 fully saturated rings. The summed E-state index contributed by atoms with van der Waals surface area (Å²) in [6.45, 7) is 0. The third-order valence-corrected chi connectivity index (χ3v) is 8.31. The van der Waals surface area contributed by atoms with E-state index >= 15 is 0 Å². The van der Waals surface area contributed by atoms with Gasteiger partial charge in [-0.05, 0) is 78.5 Å². The lowest BCUT2D eigenvalue weighted by molar-refractivity contribution is 0.673. The van der Waals surface area contributed by atoms with Gasteiger partial charge >= 0.3 is 0 Å². The van der Waals surface area contributed by atoms with E-state index in [0.717, 1.165) is 32.7 Å². The molecule has 0 atom stereocenters. The highest BCUT2D eigenvalue weighted by atomic mass is 16.3. The molecule has 0 N–H and O–H groups in total. The van der Waals surface area contributed by atoms with Crippen molar-refractivity contribution < 1.29 is 15.4 Å². The first-order valence-corrected chi connectivity index (χ1v) is 14.1. The maximum atomic E-state index is 9.25. The lowest BCUT2D eigenvalue weighted by Gasteiger charge is -2.18. The first-order valence-electron chi connectivity index (χ1n) is 18.1. The predicted molar refractivity (Wildman–Crippen MR) is 183 cm³/mol. The van der Waals surface area contributed by atoms with Crippen molar-refractivity contribution in [3.8, 4) is 33.4 Å². The van der Waals surface area contributed by atoms with Gasteiger partial charge in [-0.15, -0.1) is 0 Å². The molecule has 0 amide bonds. The van der Waals surface area contributed by atoms with E-state index in [2.05, 4.69) is 0 Å². The average molecular weight is 555 g/mol. The summed E-state index contributed by atoms with van der Waals surface area (Å²) in [5.41, 5.74) is 4.85. The maximum Gasteiger partial charge on any atom is 0.143 e. The van der Waals surface area contributed by atoms with Crippen molar-refractivity contribution in [1.29, 1.82) is 0 Å². The Morgan fingerprint density at radius 1 is 0.395 bits per heavy atom. The standard InChI is InChI=1S/C42H26O/c1-2-10-27(11-3-1)28-18-20-30(21-19-28)40-34-14-6-8-16-36(34)41(37-17-9-7-15-35(37)40)31-23-24-33-38-25-22-29-12-4-5-13-32(29)42(38)43-39(33)26-31/h1-26H/i6D,7D,8D,9D,14D,15D,16D,17D. The van der Waals surface area contributed by atoms with Crippen LogP contribution in [0.15, 0.2) is 162 Å². The van der Waals surface area contributed by atoms with Crippen molar-refractivity contribution in [1.82, 2.24) is 0 Å². The SMILES string of the molecule is [2H]c1c([2H])c([2H])c2c(-c3ccc4c(c3)oc3c5ccccc5ccc43)c3c([2H])c([2H])c([2H])c([2H])c3c(-c3ccc(-c4ccccc4)cc3)c2c1[2H]. The van der Waals surface area contributed by atoms with Gasteiger partial charge in [0.15, 0.2) is 0 Å². The van der Waals surface area contributed by atoms with Gasteiger partial charge < -0.3 is 4.42 Å². The lowest BCUT2D eigenvalue weighted by atomic mass is 9.85. The van der Waals surface area contributed by atoms with Gasteiger partial charge in [-0.2, -0.15) is 0 Å². The van der Waals surface area contributed by atoms with Crippen LogP contribution in [-0.4, -0.2) is 0 Å². The summed E-state index contributed by atoms with van der Waals surface area (Å²) in [6, 6.07) is 31.9. The summed E-state index contributed by atoms with van der Waals surface area (Å²) in [4.78, 5) is 0. The Balaban J connectivity index is 1.44. The number of furan rings is 1. The van der Waals surface area contributed by atoms with E-state index in [1.165, 1.54) is 0 Å². The lowest BCUT2D eigenvalue weighted by Crippen LogP contribution is -1.91. The van der Waals surface area contributed by atoms with Crippen molar-refractivity contribution in [3.63, 3.8) is 0 Å². The van der Waals surface area contributed by atoms with Crippen LogP contribution in [-0.2, 0) is 0 Å².